The average molecular weight is 354 g/mol. The SMILES string of the molecule is CCOCC1CN(Cc2ccncc2)Cc2cnn(CC3CCCC3)c21. The van der Waals surface area contributed by atoms with E-state index in [-0.39, 0.29) is 0 Å². The molecule has 5 nitrogen and oxygen atoms in total. The first-order valence-corrected chi connectivity index (χ1v) is 10.1. The molecule has 0 saturated heterocycles. The van der Waals surface area contributed by atoms with Crippen molar-refractivity contribution >= 4 is 0 Å². The zero-order valence-corrected chi connectivity index (χ0v) is 15.8. The van der Waals surface area contributed by atoms with E-state index in [1.165, 1.54) is 42.5 Å². The Morgan fingerprint density at radius 1 is 1.19 bits per heavy atom. The van der Waals surface area contributed by atoms with Gasteiger partial charge in [0.25, 0.3) is 0 Å². The first kappa shape index (κ1) is 17.7. The van der Waals surface area contributed by atoms with Gasteiger partial charge >= 0.3 is 0 Å². The van der Waals surface area contributed by atoms with Gasteiger partial charge in [0.2, 0.25) is 0 Å². The summed E-state index contributed by atoms with van der Waals surface area (Å²) in [5.74, 6) is 1.21. The van der Waals surface area contributed by atoms with E-state index < -0.39 is 0 Å². The summed E-state index contributed by atoms with van der Waals surface area (Å²) in [4.78, 5) is 6.65. The fourth-order valence-electron chi connectivity index (χ4n) is 4.57. The van der Waals surface area contributed by atoms with Gasteiger partial charge in [0.15, 0.2) is 0 Å². The lowest BCUT2D eigenvalue weighted by atomic mass is 9.96. The van der Waals surface area contributed by atoms with Crippen LogP contribution in [0.3, 0.4) is 0 Å². The predicted molar refractivity (Wildman–Crippen MR) is 102 cm³/mol. The second-order valence-electron chi connectivity index (χ2n) is 7.77. The van der Waals surface area contributed by atoms with Gasteiger partial charge in [-0.2, -0.15) is 5.10 Å². The van der Waals surface area contributed by atoms with Crippen molar-refractivity contribution < 1.29 is 4.74 Å². The summed E-state index contributed by atoms with van der Waals surface area (Å²) in [6, 6.07) is 4.22. The lowest BCUT2D eigenvalue weighted by molar-refractivity contribution is 0.101. The Morgan fingerprint density at radius 3 is 2.77 bits per heavy atom. The Labute approximate surface area is 156 Å². The zero-order chi connectivity index (χ0) is 17.8. The van der Waals surface area contributed by atoms with Crippen LogP contribution in [0.15, 0.2) is 30.7 Å². The lowest BCUT2D eigenvalue weighted by Crippen LogP contribution is -2.36. The van der Waals surface area contributed by atoms with Gasteiger partial charge in [-0.3, -0.25) is 14.6 Å². The van der Waals surface area contributed by atoms with E-state index >= 15 is 0 Å². The van der Waals surface area contributed by atoms with E-state index in [2.05, 4.69) is 39.8 Å². The molecule has 1 saturated carbocycles. The molecule has 0 N–H and O–H groups in total. The number of nitrogens with zero attached hydrogens (tertiary/aromatic N) is 4. The zero-order valence-electron chi connectivity index (χ0n) is 15.8. The van der Waals surface area contributed by atoms with Gasteiger partial charge in [0, 0.05) is 62.4 Å². The van der Waals surface area contributed by atoms with Gasteiger partial charge in [0.05, 0.1) is 12.8 Å². The third-order valence-corrected chi connectivity index (χ3v) is 5.80. The number of ether oxygens (including phenoxy) is 1. The van der Waals surface area contributed by atoms with E-state index in [9.17, 15) is 0 Å². The smallest absolute Gasteiger partial charge is 0.0562 e. The second kappa shape index (κ2) is 8.31. The summed E-state index contributed by atoms with van der Waals surface area (Å²) >= 11 is 0. The fourth-order valence-corrected chi connectivity index (χ4v) is 4.57. The molecule has 1 unspecified atom stereocenters. The summed E-state index contributed by atoms with van der Waals surface area (Å²) in [6.45, 7) is 7.69. The molecule has 3 heterocycles. The number of pyridine rings is 1. The largest absolute Gasteiger partial charge is 0.381 e. The van der Waals surface area contributed by atoms with Gasteiger partial charge in [-0.1, -0.05) is 12.8 Å². The quantitative estimate of drug-likeness (QED) is 0.762. The topological polar surface area (TPSA) is 43.2 Å². The molecule has 0 aromatic carbocycles. The first-order valence-electron chi connectivity index (χ1n) is 10.1. The molecule has 4 rings (SSSR count). The maximum absolute atomic E-state index is 5.84. The molecule has 2 aliphatic rings. The van der Waals surface area contributed by atoms with Crippen LogP contribution in [-0.4, -0.2) is 39.4 Å². The Balaban J connectivity index is 1.52. The number of hydrogen-bond donors (Lipinski definition) is 0. The molecule has 0 spiro atoms. The summed E-state index contributed by atoms with van der Waals surface area (Å²) in [5, 5.41) is 4.79. The van der Waals surface area contributed by atoms with Crippen molar-refractivity contribution in [2.45, 2.75) is 58.2 Å². The molecule has 1 fully saturated rings. The van der Waals surface area contributed by atoms with E-state index in [0.717, 1.165) is 45.3 Å². The number of rotatable bonds is 7. The molecule has 140 valence electrons. The highest BCUT2D eigenvalue weighted by molar-refractivity contribution is 5.26. The Bertz CT molecular complexity index is 693. The molecule has 1 aliphatic heterocycles. The van der Waals surface area contributed by atoms with Crippen molar-refractivity contribution in [1.29, 1.82) is 0 Å². The van der Waals surface area contributed by atoms with Crippen LogP contribution in [0.4, 0.5) is 0 Å². The summed E-state index contributed by atoms with van der Waals surface area (Å²) in [6.07, 6.45) is 11.3. The Kier molecular flexibility index (Phi) is 5.65. The maximum Gasteiger partial charge on any atom is 0.0562 e. The first-order chi connectivity index (χ1) is 12.8. The van der Waals surface area contributed by atoms with Crippen LogP contribution in [0.25, 0.3) is 0 Å². The van der Waals surface area contributed by atoms with E-state index in [1.54, 1.807) is 0 Å². The van der Waals surface area contributed by atoms with Gasteiger partial charge in [0.1, 0.15) is 0 Å². The van der Waals surface area contributed by atoms with Crippen molar-refractivity contribution in [3.8, 4) is 0 Å². The van der Waals surface area contributed by atoms with Gasteiger partial charge in [-0.25, -0.2) is 0 Å². The number of hydrogen-bond acceptors (Lipinski definition) is 4. The highest BCUT2D eigenvalue weighted by Crippen LogP contribution is 2.32. The summed E-state index contributed by atoms with van der Waals surface area (Å²) in [7, 11) is 0. The third-order valence-electron chi connectivity index (χ3n) is 5.80. The Hall–Kier alpha value is -1.72. The van der Waals surface area contributed by atoms with Crippen LogP contribution >= 0.6 is 0 Å². The molecule has 26 heavy (non-hydrogen) atoms. The van der Waals surface area contributed by atoms with Crippen molar-refractivity contribution in [2.24, 2.45) is 5.92 Å². The molecule has 0 bridgehead atoms. The van der Waals surface area contributed by atoms with Gasteiger partial charge < -0.3 is 4.74 Å². The summed E-state index contributed by atoms with van der Waals surface area (Å²) < 4.78 is 8.15. The van der Waals surface area contributed by atoms with Crippen LogP contribution < -0.4 is 0 Å². The lowest BCUT2D eigenvalue weighted by Gasteiger charge is -2.33. The molecule has 0 radical (unpaired) electrons. The summed E-state index contributed by atoms with van der Waals surface area (Å²) in [5.41, 5.74) is 4.13. The van der Waals surface area contributed by atoms with Gasteiger partial charge in [-0.15, -0.1) is 0 Å². The minimum Gasteiger partial charge on any atom is -0.381 e. The van der Waals surface area contributed by atoms with Crippen LogP contribution in [0.5, 0.6) is 0 Å². The van der Waals surface area contributed by atoms with Crippen molar-refractivity contribution in [2.75, 3.05) is 19.8 Å². The van der Waals surface area contributed by atoms with Crippen LogP contribution in [-0.2, 0) is 24.4 Å². The molecular formula is C21H30N4O. The van der Waals surface area contributed by atoms with E-state index in [0.29, 0.717) is 5.92 Å². The van der Waals surface area contributed by atoms with Crippen molar-refractivity contribution in [3.63, 3.8) is 0 Å². The van der Waals surface area contributed by atoms with E-state index in [1.807, 2.05) is 12.4 Å². The monoisotopic (exact) mass is 354 g/mol. The van der Waals surface area contributed by atoms with Crippen molar-refractivity contribution in [3.05, 3.63) is 47.5 Å². The second-order valence-corrected chi connectivity index (χ2v) is 7.77. The molecular weight excluding hydrogens is 324 g/mol. The van der Waals surface area contributed by atoms with Gasteiger partial charge in [-0.05, 0) is 43.4 Å². The van der Waals surface area contributed by atoms with Crippen LogP contribution in [0.1, 0.15) is 55.3 Å². The van der Waals surface area contributed by atoms with Crippen LogP contribution in [0.2, 0.25) is 0 Å². The molecule has 1 atom stereocenters. The minimum atomic E-state index is 0.407. The molecule has 2 aromatic rings. The third kappa shape index (κ3) is 3.99. The highest BCUT2D eigenvalue weighted by atomic mass is 16.5. The molecule has 2 aromatic heterocycles. The standard InChI is InChI=1S/C21H30N4O/c1-2-26-16-20-15-24(12-18-7-9-22-10-8-18)14-19-11-23-25(21(19)20)13-17-5-3-4-6-17/h7-11,17,20H,2-6,12-16H2,1H3. The molecule has 0 amide bonds. The maximum atomic E-state index is 5.84. The Morgan fingerprint density at radius 2 is 2.00 bits per heavy atom. The average Bonchev–Trinajstić information content (AvgIpc) is 3.31. The molecule has 1 aliphatic carbocycles. The number of aromatic nitrogens is 3. The van der Waals surface area contributed by atoms with E-state index in [4.69, 9.17) is 9.84 Å². The fraction of sp³-hybridized carbons (Fsp3) is 0.619. The highest BCUT2D eigenvalue weighted by Gasteiger charge is 2.30. The van der Waals surface area contributed by atoms with Crippen LogP contribution in [0, 0.1) is 5.92 Å². The number of fused-ring (bicyclic) bond motifs is 1. The predicted octanol–water partition coefficient (Wildman–Crippen LogP) is 3.60. The molecule has 5 heteroatoms. The minimum absolute atomic E-state index is 0.407. The normalized spacial score (nSPS) is 21.2. The van der Waals surface area contributed by atoms with Crippen molar-refractivity contribution in [1.82, 2.24) is 19.7 Å².